The van der Waals surface area contributed by atoms with E-state index in [1.807, 2.05) is 13.8 Å². The van der Waals surface area contributed by atoms with Crippen LogP contribution in [0, 0.1) is 29.6 Å². The first-order valence-electron chi connectivity index (χ1n) is 20.7. The molecule has 12 heteroatoms. The molecule has 3 amide bonds. The van der Waals surface area contributed by atoms with Gasteiger partial charge in [-0.1, -0.05) is 62.4 Å². The SMILES string of the molecule is CN(C)C(=O)[C@@H](NC(=O)CCC(=O)C(=O)C(CC(=O)C1[C@H]2CC(C)(C)OC2CN1C(=O)[C@@H](CC(=O)OC(C)(C)C)C1CCCCC1)CC1CC1)c1ccccc1. The number of carbonyl (C=O) groups is 7. The fraction of sp³-hybridized carbons (Fsp3) is 0.705. The number of likely N-dealkylation sites (N-methyl/N-ethyl adjacent to an activating group) is 1. The van der Waals surface area contributed by atoms with E-state index in [0.717, 1.165) is 44.9 Å². The molecule has 0 spiro atoms. The Kier molecular flexibility index (Phi) is 14.0. The minimum Gasteiger partial charge on any atom is -0.460 e. The van der Waals surface area contributed by atoms with E-state index in [0.29, 0.717) is 18.4 Å². The van der Waals surface area contributed by atoms with Crippen LogP contribution in [0.4, 0.5) is 0 Å². The molecule has 6 atom stereocenters. The molecule has 0 radical (unpaired) electrons. The third kappa shape index (κ3) is 11.3. The third-order valence-electron chi connectivity index (χ3n) is 11.9. The molecule has 4 fully saturated rings. The van der Waals surface area contributed by atoms with Gasteiger partial charge in [0.05, 0.1) is 30.1 Å². The van der Waals surface area contributed by atoms with Crippen LogP contribution >= 0.6 is 0 Å². The predicted octanol–water partition coefficient (Wildman–Crippen LogP) is 5.55. The second kappa shape index (κ2) is 18.1. The number of ether oxygens (including phenoxy) is 2. The van der Waals surface area contributed by atoms with Gasteiger partial charge in [-0.15, -0.1) is 0 Å². The molecule has 2 saturated carbocycles. The van der Waals surface area contributed by atoms with Gasteiger partial charge < -0.3 is 24.6 Å². The molecule has 0 bridgehead atoms. The number of benzene rings is 1. The van der Waals surface area contributed by atoms with Gasteiger partial charge in [-0.3, -0.25) is 33.6 Å². The van der Waals surface area contributed by atoms with Crippen molar-refractivity contribution in [2.24, 2.45) is 29.6 Å². The lowest BCUT2D eigenvalue weighted by atomic mass is 9.77. The van der Waals surface area contributed by atoms with Crippen LogP contribution in [0.1, 0.15) is 130 Å². The molecular weight excluding hydrogens is 714 g/mol. The van der Waals surface area contributed by atoms with Gasteiger partial charge in [0.1, 0.15) is 11.6 Å². The normalized spacial score (nSPS) is 23.7. The maximum absolute atomic E-state index is 14.7. The molecule has 5 rings (SSSR count). The molecule has 1 aromatic carbocycles. The molecule has 12 nitrogen and oxygen atoms in total. The van der Waals surface area contributed by atoms with Crippen molar-refractivity contribution in [2.75, 3.05) is 20.6 Å². The van der Waals surface area contributed by atoms with Crippen LogP contribution in [0.3, 0.4) is 0 Å². The lowest BCUT2D eigenvalue weighted by Crippen LogP contribution is -2.49. The smallest absolute Gasteiger partial charge is 0.307 e. The maximum atomic E-state index is 14.7. The summed E-state index contributed by atoms with van der Waals surface area (Å²) < 4.78 is 12.1. The number of esters is 1. The summed E-state index contributed by atoms with van der Waals surface area (Å²) >= 11 is 0. The fourth-order valence-electron chi connectivity index (χ4n) is 9.08. The molecule has 56 heavy (non-hydrogen) atoms. The average molecular weight is 778 g/mol. The molecule has 4 aliphatic rings. The summed E-state index contributed by atoms with van der Waals surface area (Å²) in [7, 11) is 3.18. The molecule has 0 aromatic heterocycles. The lowest BCUT2D eigenvalue weighted by molar-refractivity contribution is -0.160. The fourth-order valence-corrected chi connectivity index (χ4v) is 9.08. The first-order valence-corrected chi connectivity index (χ1v) is 20.7. The zero-order chi connectivity index (χ0) is 40.9. The van der Waals surface area contributed by atoms with Crippen molar-refractivity contribution in [3.8, 4) is 0 Å². The van der Waals surface area contributed by atoms with Gasteiger partial charge in [-0.2, -0.15) is 0 Å². The second-order valence-electron chi connectivity index (χ2n) is 18.5. The largest absolute Gasteiger partial charge is 0.460 e. The van der Waals surface area contributed by atoms with Gasteiger partial charge in [0.25, 0.3) is 0 Å². The number of fused-ring (bicyclic) bond motifs is 1. The number of nitrogens with one attached hydrogen (secondary N) is 1. The van der Waals surface area contributed by atoms with Gasteiger partial charge in [0.2, 0.25) is 23.5 Å². The number of hydrogen-bond acceptors (Lipinski definition) is 9. The van der Waals surface area contributed by atoms with Crippen molar-refractivity contribution < 1.29 is 43.0 Å². The summed E-state index contributed by atoms with van der Waals surface area (Å²) in [6.45, 7) is 9.56. The molecule has 1 N–H and O–H groups in total. The Morgan fingerprint density at radius 1 is 0.929 bits per heavy atom. The zero-order valence-corrected chi connectivity index (χ0v) is 34.5. The van der Waals surface area contributed by atoms with E-state index in [1.54, 1.807) is 70.1 Å². The van der Waals surface area contributed by atoms with Gasteiger partial charge in [0.15, 0.2) is 11.6 Å². The highest BCUT2D eigenvalue weighted by Gasteiger charge is 2.56. The molecule has 2 heterocycles. The number of amides is 3. The van der Waals surface area contributed by atoms with Crippen LogP contribution in [0.2, 0.25) is 0 Å². The molecule has 2 saturated heterocycles. The number of ketones is 3. The van der Waals surface area contributed by atoms with E-state index in [2.05, 4.69) is 5.32 Å². The van der Waals surface area contributed by atoms with Crippen LogP contribution in [0.5, 0.6) is 0 Å². The highest BCUT2D eigenvalue weighted by molar-refractivity contribution is 6.38. The number of nitrogens with zero attached hydrogens (tertiary/aromatic N) is 2. The molecule has 2 aliphatic heterocycles. The molecule has 1 aromatic rings. The van der Waals surface area contributed by atoms with Gasteiger partial charge in [-0.25, -0.2) is 0 Å². The molecule has 2 aliphatic carbocycles. The minimum absolute atomic E-state index is 0.0136. The Morgan fingerprint density at radius 3 is 2.20 bits per heavy atom. The number of rotatable bonds is 17. The van der Waals surface area contributed by atoms with Crippen molar-refractivity contribution in [1.82, 2.24) is 15.1 Å². The maximum Gasteiger partial charge on any atom is 0.307 e. The standard InChI is InChI=1S/C44H63N3O9/c1-43(2,3)56-37(51)24-31(28-14-10-8-11-15-28)41(53)47-26-35-32(25-44(4,5)55-35)39(47)34(49)23-30(22-27-18-19-27)40(52)33(48)20-21-36(50)45-38(42(54)46(6)7)29-16-12-9-13-17-29/h9,12-13,16-17,27-28,30-32,35,38-39H,8,10-11,14-15,18-26H2,1-7H3,(H,45,50)/t30?,31-,32-,35?,38-,39?/m0/s1. The van der Waals surface area contributed by atoms with E-state index in [-0.39, 0.29) is 73.7 Å². The van der Waals surface area contributed by atoms with Crippen LogP contribution in [0.15, 0.2) is 30.3 Å². The van der Waals surface area contributed by atoms with Crippen molar-refractivity contribution in [3.05, 3.63) is 35.9 Å². The molecule has 3 unspecified atom stereocenters. The van der Waals surface area contributed by atoms with Crippen molar-refractivity contribution >= 4 is 41.0 Å². The lowest BCUT2D eigenvalue weighted by Gasteiger charge is -2.36. The second-order valence-corrected chi connectivity index (χ2v) is 18.5. The number of hydrogen-bond donors (Lipinski definition) is 1. The first kappa shape index (κ1) is 43.2. The van der Waals surface area contributed by atoms with Crippen LogP contribution < -0.4 is 5.32 Å². The quantitative estimate of drug-likeness (QED) is 0.158. The van der Waals surface area contributed by atoms with Gasteiger partial charge in [-0.05, 0) is 77.7 Å². The Labute approximate surface area is 332 Å². The number of likely N-dealkylation sites (tertiary alicyclic amines) is 1. The molecule has 308 valence electrons. The average Bonchev–Trinajstić information content (AvgIpc) is 3.82. The summed E-state index contributed by atoms with van der Waals surface area (Å²) in [5, 5.41) is 2.72. The van der Waals surface area contributed by atoms with Crippen LogP contribution in [-0.2, 0) is 43.0 Å². The van der Waals surface area contributed by atoms with Crippen LogP contribution in [0.25, 0.3) is 0 Å². The first-order chi connectivity index (χ1) is 26.3. The van der Waals surface area contributed by atoms with E-state index in [4.69, 9.17) is 9.47 Å². The molecular formula is C44H63N3O9. The highest BCUT2D eigenvalue weighted by atomic mass is 16.6. The van der Waals surface area contributed by atoms with Gasteiger partial charge >= 0.3 is 5.97 Å². The Balaban J connectivity index is 1.31. The van der Waals surface area contributed by atoms with E-state index >= 15 is 0 Å². The summed E-state index contributed by atoms with van der Waals surface area (Å²) in [6.07, 6.45) is 6.12. The van der Waals surface area contributed by atoms with Crippen molar-refractivity contribution in [1.29, 1.82) is 0 Å². The predicted molar refractivity (Wildman–Crippen MR) is 209 cm³/mol. The Hall–Kier alpha value is -3.93. The Bertz CT molecular complexity index is 1620. The van der Waals surface area contributed by atoms with E-state index in [9.17, 15) is 33.6 Å². The Morgan fingerprint density at radius 2 is 1.59 bits per heavy atom. The topological polar surface area (TPSA) is 156 Å². The minimum atomic E-state index is -0.947. The third-order valence-corrected chi connectivity index (χ3v) is 11.9. The summed E-state index contributed by atoms with van der Waals surface area (Å²) in [5.41, 5.74) is -0.615. The van der Waals surface area contributed by atoms with E-state index in [1.165, 1.54) is 4.90 Å². The summed E-state index contributed by atoms with van der Waals surface area (Å²) in [6, 6.07) is 7.01. The van der Waals surface area contributed by atoms with Crippen LogP contribution in [-0.4, -0.2) is 94.8 Å². The number of Topliss-reactive ketones (excluding diaryl/α,β-unsaturated/α-hetero) is 3. The van der Waals surface area contributed by atoms with E-state index < -0.39 is 58.6 Å². The zero-order valence-electron chi connectivity index (χ0n) is 34.5. The summed E-state index contributed by atoms with van der Waals surface area (Å²) in [5.74, 6) is -4.83. The van der Waals surface area contributed by atoms with Crippen molar-refractivity contribution in [2.45, 2.75) is 147 Å². The van der Waals surface area contributed by atoms with Gasteiger partial charge in [0, 0.05) is 51.7 Å². The summed E-state index contributed by atoms with van der Waals surface area (Å²) in [4.78, 5) is 98.8. The monoisotopic (exact) mass is 777 g/mol. The van der Waals surface area contributed by atoms with Crippen molar-refractivity contribution in [3.63, 3.8) is 0 Å². The highest BCUT2D eigenvalue weighted by Crippen LogP contribution is 2.46. The number of carbonyl (C=O) groups excluding carboxylic acids is 7.